The van der Waals surface area contributed by atoms with Crippen molar-refractivity contribution in [1.82, 2.24) is 10.2 Å². The first-order valence-corrected chi connectivity index (χ1v) is 6.27. The number of nitrogens with zero attached hydrogens (tertiary/aromatic N) is 1. The van der Waals surface area contributed by atoms with Gasteiger partial charge in [-0.2, -0.15) is 0 Å². The summed E-state index contributed by atoms with van der Waals surface area (Å²) >= 11 is 0. The summed E-state index contributed by atoms with van der Waals surface area (Å²) in [4.78, 5) is 2.74. The lowest BCUT2D eigenvalue weighted by atomic mass is 9.85. The van der Waals surface area contributed by atoms with Gasteiger partial charge >= 0.3 is 0 Å². The van der Waals surface area contributed by atoms with Gasteiger partial charge in [0.15, 0.2) is 0 Å². The van der Waals surface area contributed by atoms with Crippen molar-refractivity contribution in [2.75, 3.05) is 19.6 Å². The largest absolute Gasteiger partial charge is 0.314 e. The van der Waals surface area contributed by atoms with Crippen LogP contribution in [-0.2, 0) is 0 Å². The Morgan fingerprint density at radius 1 is 1.21 bits per heavy atom. The van der Waals surface area contributed by atoms with Gasteiger partial charge in [-0.15, -0.1) is 0 Å². The summed E-state index contributed by atoms with van der Waals surface area (Å²) < 4.78 is 0. The molecule has 1 saturated heterocycles. The fourth-order valence-electron chi connectivity index (χ4n) is 3.03. The Balaban J connectivity index is 1.89. The molecule has 2 aliphatic rings. The molecule has 2 nitrogen and oxygen atoms in total. The van der Waals surface area contributed by atoms with E-state index < -0.39 is 0 Å². The van der Waals surface area contributed by atoms with Crippen molar-refractivity contribution in [1.29, 1.82) is 0 Å². The average molecular weight is 196 g/mol. The third kappa shape index (κ3) is 2.12. The van der Waals surface area contributed by atoms with Gasteiger partial charge in [-0.3, -0.25) is 4.90 Å². The van der Waals surface area contributed by atoms with Crippen LogP contribution >= 0.6 is 0 Å². The molecule has 0 aromatic heterocycles. The second-order valence-corrected chi connectivity index (χ2v) is 5.07. The van der Waals surface area contributed by atoms with E-state index in [0.29, 0.717) is 0 Å². The SMILES string of the molecule is CCN(C1CNC1)C1CCCC(C)C1. The summed E-state index contributed by atoms with van der Waals surface area (Å²) in [6.07, 6.45) is 5.78. The summed E-state index contributed by atoms with van der Waals surface area (Å²) in [6.45, 7) is 8.41. The first kappa shape index (κ1) is 10.4. The van der Waals surface area contributed by atoms with Gasteiger partial charge in [0, 0.05) is 25.2 Å². The van der Waals surface area contributed by atoms with Gasteiger partial charge in [0.05, 0.1) is 0 Å². The molecule has 0 amide bonds. The Labute approximate surface area is 88.1 Å². The highest BCUT2D eigenvalue weighted by molar-refractivity contribution is 4.89. The lowest BCUT2D eigenvalue weighted by molar-refractivity contribution is 0.0671. The number of hydrogen-bond acceptors (Lipinski definition) is 2. The smallest absolute Gasteiger partial charge is 0.0348 e. The highest BCUT2D eigenvalue weighted by Crippen LogP contribution is 2.28. The Kier molecular flexibility index (Phi) is 3.45. The van der Waals surface area contributed by atoms with Crippen molar-refractivity contribution < 1.29 is 0 Å². The summed E-state index contributed by atoms with van der Waals surface area (Å²) in [5, 5.41) is 3.38. The quantitative estimate of drug-likeness (QED) is 0.741. The fourth-order valence-corrected chi connectivity index (χ4v) is 3.03. The zero-order chi connectivity index (χ0) is 9.97. The molecule has 2 unspecified atom stereocenters. The third-order valence-electron chi connectivity index (χ3n) is 3.97. The van der Waals surface area contributed by atoms with Crippen LogP contribution in [0.2, 0.25) is 0 Å². The molecule has 2 atom stereocenters. The molecular weight excluding hydrogens is 172 g/mol. The second-order valence-electron chi connectivity index (χ2n) is 5.07. The molecule has 0 aromatic rings. The minimum absolute atomic E-state index is 0.843. The minimum Gasteiger partial charge on any atom is -0.314 e. The molecule has 1 aliphatic heterocycles. The van der Waals surface area contributed by atoms with Gasteiger partial charge in [0.25, 0.3) is 0 Å². The van der Waals surface area contributed by atoms with Crippen molar-refractivity contribution in [3.05, 3.63) is 0 Å². The van der Waals surface area contributed by atoms with Gasteiger partial charge in [0.2, 0.25) is 0 Å². The van der Waals surface area contributed by atoms with Crippen molar-refractivity contribution in [2.45, 2.75) is 51.6 Å². The van der Waals surface area contributed by atoms with Crippen molar-refractivity contribution in [3.63, 3.8) is 0 Å². The summed E-state index contributed by atoms with van der Waals surface area (Å²) in [6, 6.07) is 1.73. The molecule has 0 radical (unpaired) electrons. The maximum Gasteiger partial charge on any atom is 0.0348 e. The molecule has 2 rings (SSSR count). The van der Waals surface area contributed by atoms with E-state index in [1.54, 1.807) is 0 Å². The molecule has 14 heavy (non-hydrogen) atoms. The monoisotopic (exact) mass is 196 g/mol. The fraction of sp³-hybridized carbons (Fsp3) is 1.00. The molecule has 0 spiro atoms. The van der Waals surface area contributed by atoms with Crippen LogP contribution in [0.15, 0.2) is 0 Å². The van der Waals surface area contributed by atoms with Crippen molar-refractivity contribution in [2.24, 2.45) is 5.92 Å². The average Bonchev–Trinajstić information content (AvgIpc) is 2.10. The Morgan fingerprint density at radius 3 is 2.50 bits per heavy atom. The standard InChI is InChI=1S/C12H24N2/c1-3-14(12-8-13-9-12)11-6-4-5-10(2)7-11/h10-13H,3-9H2,1-2H3. The summed E-state index contributed by atoms with van der Waals surface area (Å²) in [7, 11) is 0. The van der Waals surface area contributed by atoms with Gasteiger partial charge < -0.3 is 5.32 Å². The van der Waals surface area contributed by atoms with E-state index in [-0.39, 0.29) is 0 Å². The van der Waals surface area contributed by atoms with E-state index in [9.17, 15) is 0 Å². The van der Waals surface area contributed by atoms with E-state index in [2.05, 4.69) is 24.1 Å². The molecule has 2 fully saturated rings. The minimum atomic E-state index is 0.843. The van der Waals surface area contributed by atoms with Crippen LogP contribution in [0.25, 0.3) is 0 Å². The zero-order valence-electron chi connectivity index (χ0n) is 9.63. The summed E-state index contributed by atoms with van der Waals surface area (Å²) in [5.74, 6) is 0.954. The molecular formula is C12H24N2. The highest BCUT2D eigenvalue weighted by atomic mass is 15.2. The normalized spacial score (nSPS) is 34.5. The van der Waals surface area contributed by atoms with E-state index in [1.165, 1.54) is 45.3 Å². The third-order valence-corrected chi connectivity index (χ3v) is 3.97. The van der Waals surface area contributed by atoms with Crippen LogP contribution in [0.3, 0.4) is 0 Å². The number of nitrogens with one attached hydrogen (secondary N) is 1. The molecule has 0 bridgehead atoms. The first-order chi connectivity index (χ1) is 6.81. The van der Waals surface area contributed by atoms with E-state index in [1.807, 2.05) is 0 Å². The molecule has 1 saturated carbocycles. The van der Waals surface area contributed by atoms with Crippen LogP contribution in [0.5, 0.6) is 0 Å². The maximum absolute atomic E-state index is 3.38. The number of hydrogen-bond donors (Lipinski definition) is 1. The van der Waals surface area contributed by atoms with Crippen LogP contribution in [0, 0.1) is 5.92 Å². The van der Waals surface area contributed by atoms with Crippen LogP contribution in [-0.4, -0.2) is 36.6 Å². The predicted molar refractivity (Wildman–Crippen MR) is 60.5 cm³/mol. The van der Waals surface area contributed by atoms with Gasteiger partial charge in [0.1, 0.15) is 0 Å². The number of rotatable bonds is 3. The lowest BCUT2D eigenvalue weighted by Gasteiger charge is -2.44. The van der Waals surface area contributed by atoms with Crippen molar-refractivity contribution >= 4 is 0 Å². The topological polar surface area (TPSA) is 15.3 Å². The van der Waals surface area contributed by atoms with Gasteiger partial charge in [-0.25, -0.2) is 0 Å². The van der Waals surface area contributed by atoms with Crippen LogP contribution in [0.1, 0.15) is 39.5 Å². The van der Waals surface area contributed by atoms with Crippen LogP contribution in [0.4, 0.5) is 0 Å². The lowest BCUT2D eigenvalue weighted by Crippen LogP contribution is -2.60. The maximum atomic E-state index is 3.38. The second kappa shape index (κ2) is 4.63. The van der Waals surface area contributed by atoms with Crippen molar-refractivity contribution in [3.8, 4) is 0 Å². The molecule has 1 aliphatic carbocycles. The molecule has 1 heterocycles. The highest BCUT2D eigenvalue weighted by Gasteiger charge is 2.31. The summed E-state index contributed by atoms with van der Waals surface area (Å²) in [5.41, 5.74) is 0. The Bertz CT molecular complexity index is 177. The van der Waals surface area contributed by atoms with Gasteiger partial charge in [-0.1, -0.05) is 26.7 Å². The van der Waals surface area contributed by atoms with E-state index in [4.69, 9.17) is 0 Å². The van der Waals surface area contributed by atoms with E-state index in [0.717, 1.165) is 18.0 Å². The zero-order valence-corrected chi connectivity index (χ0v) is 9.63. The first-order valence-electron chi connectivity index (χ1n) is 6.27. The number of likely N-dealkylation sites (N-methyl/N-ethyl adjacent to an activating group) is 1. The van der Waals surface area contributed by atoms with E-state index >= 15 is 0 Å². The van der Waals surface area contributed by atoms with Crippen LogP contribution < -0.4 is 5.32 Å². The predicted octanol–water partition coefficient (Wildman–Crippen LogP) is 1.86. The molecule has 1 N–H and O–H groups in total. The Hall–Kier alpha value is -0.0800. The van der Waals surface area contributed by atoms with Gasteiger partial charge in [-0.05, 0) is 25.3 Å². The molecule has 2 heteroatoms. The Morgan fingerprint density at radius 2 is 2.00 bits per heavy atom. The molecule has 0 aromatic carbocycles. The molecule has 82 valence electrons.